The number of halogens is 3. The van der Waals surface area contributed by atoms with E-state index >= 15 is 0 Å². The Bertz CT molecular complexity index is 311. The van der Waals surface area contributed by atoms with Crippen LogP contribution in [0.3, 0.4) is 0 Å². The van der Waals surface area contributed by atoms with E-state index in [4.69, 9.17) is 9.88 Å². The second-order valence-corrected chi connectivity index (χ2v) is 6.00. The standard InChI is InChI=1S/C8H16F3NO3S/c1-7(2,6-16(12,13)14)5-15-4-3-8(9,10)11/h3-6H2,1-2H3,(H2,12,13,14). The monoisotopic (exact) mass is 263 g/mol. The minimum atomic E-state index is -4.26. The van der Waals surface area contributed by atoms with Crippen LogP contribution in [0, 0.1) is 5.41 Å². The number of sulfonamides is 1. The Morgan fingerprint density at radius 3 is 2.12 bits per heavy atom. The second-order valence-electron chi connectivity index (χ2n) is 4.39. The fraction of sp³-hybridized carbons (Fsp3) is 1.00. The minimum Gasteiger partial charge on any atom is -0.381 e. The third-order valence-corrected chi connectivity index (χ3v) is 2.80. The number of rotatable bonds is 6. The highest BCUT2D eigenvalue weighted by molar-refractivity contribution is 7.89. The van der Waals surface area contributed by atoms with E-state index in [1.54, 1.807) is 13.8 Å². The molecule has 0 fully saturated rings. The molecule has 4 nitrogen and oxygen atoms in total. The van der Waals surface area contributed by atoms with E-state index < -0.39 is 34.6 Å². The van der Waals surface area contributed by atoms with Crippen molar-refractivity contribution in [2.24, 2.45) is 10.6 Å². The lowest BCUT2D eigenvalue weighted by molar-refractivity contribution is -0.147. The zero-order valence-corrected chi connectivity index (χ0v) is 9.99. The first kappa shape index (κ1) is 15.7. The number of ether oxygens (including phenoxy) is 1. The van der Waals surface area contributed by atoms with Gasteiger partial charge in [0.05, 0.1) is 25.4 Å². The summed E-state index contributed by atoms with van der Waals surface area (Å²) in [6.07, 6.45) is -5.30. The van der Waals surface area contributed by atoms with E-state index in [9.17, 15) is 21.6 Å². The molecular formula is C8H16F3NO3S. The molecule has 0 aromatic heterocycles. The maximum atomic E-state index is 11.8. The summed E-state index contributed by atoms with van der Waals surface area (Å²) in [5, 5.41) is 4.83. The molecule has 98 valence electrons. The SMILES string of the molecule is CC(C)(COCCC(F)(F)F)CS(N)(=O)=O. The van der Waals surface area contributed by atoms with Crippen LogP contribution >= 0.6 is 0 Å². The molecule has 0 aromatic carbocycles. The van der Waals surface area contributed by atoms with Gasteiger partial charge in [0.2, 0.25) is 10.0 Å². The van der Waals surface area contributed by atoms with Crippen LogP contribution in [0.25, 0.3) is 0 Å². The summed E-state index contributed by atoms with van der Waals surface area (Å²) in [5.41, 5.74) is -0.792. The van der Waals surface area contributed by atoms with Crippen molar-refractivity contribution in [3.05, 3.63) is 0 Å². The average Bonchev–Trinajstić information content (AvgIpc) is 1.91. The largest absolute Gasteiger partial charge is 0.391 e. The molecule has 16 heavy (non-hydrogen) atoms. The fourth-order valence-corrected chi connectivity index (χ4v) is 2.30. The molecule has 0 atom stereocenters. The molecule has 2 N–H and O–H groups in total. The third-order valence-electron chi connectivity index (χ3n) is 1.61. The first-order valence-corrected chi connectivity index (χ1v) is 6.28. The maximum absolute atomic E-state index is 11.8. The summed E-state index contributed by atoms with van der Waals surface area (Å²) in [5.74, 6) is -0.327. The van der Waals surface area contributed by atoms with E-state index in [1.165, 1.54) is 0 Å². The lowest BCUT2D eigenvalue weighted by Crippen LogP contribution is -2.33. The van der Waals surface area contributed by atoms with Gasteiger partial charge in [-0.2, -0.15) is 13.2 Å². The molecule has 0 aliphatic carbocycles. The fourth-order valence-electron chi connectivity index (χ4n) is 1.12. The Labute approximate surface area is 93.0 Å². The molecule has 0 radical (unpaired) electrons. The highest BCUT2D eigenvalue weighted by Gasteiger charge is 2.28. The topological polar surface area (TPSA) is 69.4 Å². The van der Waals surface area contributed by atoms with Gasteiger partial charge in [-0.05, 0) is 0 Å². The van der Waals surface area contributed by atoms with E-state index in [2.05, 4.69) is 0 Å². The van der Waals surface area contributed by atoms with Crippen molar-refractivity contribution < 1.29 is 26.3 Å². The Kier molecular flexibility index (Phi) is 5.21. The van der Waals surface area contributed by atoms with Crippen molar-refractivity contribution >= 4 is 10.0 Å². The molecule has 0 bridgehead atoms. The number of hydrogen-bond acceptors (Lipinski definition) is 3. The predicted molar refractivity (Wildman–Crippen MR) is 53.2 cm³/mol. The molecular weight excluding hydrogens is 247 g/mol. The first-order valence-electron chi connectivity index (χ1n) is 4.56. The van der Waals surface area contributed by atoms with Crippen molar-refractivity contribution in [3.63, 3.8) is 0 Å². The Hall–Kier alpha value is -0.340. The van der Waals surface area contributed by atoms with Crippen molar-refractivity contribution in [3.8, 4) is 0 Å². The molecule has 8 heteroatoms. The van der Waals surface area contributed by atoms with Crippen LogP contribution in [-0.2, 0) is 14.8 Å². The summed E-state index contributed by atoms with van der Waals surface area (Å²) in [4.78, 5) is 0. The van der Waals surface area contributed by atoms with Crippen LogP contribution < -0.4 is 5.14 Å². The van der Waals surface area contributed by atoms with Gasteiger partial charge in [-0.1, -0.05) is 13.8 Å². The lowest BCUT2D eigenvalue weighted by atomic mass is 9.98. The van der Waals surface area contributed by atoms with Gasteiger partial charge in [-0.3, -0.25) is 0 Å². The molecule has 0 aliphatic rings. The van der Waals surface area contributed by atoms with Crippen LogP contribution in [-0.4, -0.2) is 33.6 Å². The summed E-state index contributed by atoms with van der Waals surface area (Å²) in [6.45, 7) is 2.56. The molecule has 0 heterocycles. The van der Waals surface area contributed by atoms with Crippen LogP contribution in [0.4, 0.5) is 13.2 Å². The summed E-state index contributed by atoms with van der Waals surface area (Å²) in [6, 6.07) is 0. The second kappa shape index (κ2) is 5.33. The van der Waals surface area contributed by atoms with Gasteiger partial charge >= 0.3 is 6.18 Å². The van der Waals surface area contributed by atoms with Gasteiger partial charge in [0, 0.05) is 5.41 Å². The van der Waals surface area contributed by atoms with Crippen molar-refractivity contribution in [2.75, 3.05) is 19.0 Å². The first-order chi connectivity index (χ1) is 6.91. The van der Waals surface area contributed by atoms with E-state index in [0.29, 0.717) is 0 Å². The Balaban J connectivity index is 3.92. The van der Waals surface area contributed by atoms with Gasteiger partial charge in [0.15, 0.2) is 0 Å². The van der Waals surface area contributed by atoms with Gasteiger partial charge in [0.25, 0.3) is 0 Å². The number of alkyl halides is 3. The van der Waals surface area contributed by atoms with E-state index in [-0.39, 0.29) is 12.4 Å². The van der Waals surface area contributed by atoms with Crippen LogP contribution in [0.1, 0.15) is 20.3 Å². The lowest BCUT2D eigenvalue weighted by Gasteiger charge is -2.23. The highest BCUT2D eigenvalue weighted by atomic mass is 32.2. The minimum absolute atomic E-state index is 0.0838. The zero-order valence-electron chi connectivity index (χ0n) is 9.17. The number of primary sulfonamides is 1. The average molecular weight is 263 g/mol. The molecule has 0 aliphatic heterocycles. The molecule has 0 saturated heterocycles. The predicted octanol–water partition coefficient (Wildman–Crippen LogP) is 1.27. The normalized spacial score (nSPS) is 14.1. The van der Waals surface area contributed by atoms with Crippen molar-refractivity contribution in [1.82, 2.24) is 0 Å². The molecule has 0 rings (SSSR count). The van der Waals surface area contributed by atoms with E-state index in [1.807, 2.05) is 0 Å². The quantitative estimate of drug-likeness (QED) is 0.734. The molecule has 0 amide bonds. The van der Waals surface area contributed by atoms with Crippen LogP contribution in [0.5, 0.6) is 0 Å². The Morgan fingerprint density at radius 1 is 1.25 bits per heavy atom. The molecule has 0 saturated carbocycles. The smallest absolute Gasteiger partial charge is 0.381 e. The number of hydrogen-bond donors (Lipinski definition) is 1. The van der Waals surface area contributed by atoms with Gasteiger partial charge in [-0.15, -0.1) is 0 Å². The van der Waals surface area contributed by atoms with Crippen molar-refractivity contribution in [2.45, 2.75) is 26.4 Å². The molecule has 0 spiro atoms. The van der Waals surface area contributed by atoms with E-state index in [0.717, 1.165) is 0 Å². The van der Waals surface area contributed by atoms with Gasteiger partial charge < -0.3 is 4.74 Å². The van der Waals surface area contributed by atoms with Crippen LogP contribution in [0.15, 0.2) is 0 Å². The number of nitrogens with two attached hydrogens (primary N) is 1. The zero-order chi connectivity index (χ0) is 13.0. The van der Waals surface area contributed by atoms with Gasteiger partial charge in [0.1, 0.15) is 0 Å². The molecule has 0 unspecified atom stereocenters. The summed E-state index contributed by atoms with van der Waals surface area (Å²) < 4.78 is 61.6. The van der Waals surface area contributed by atoms with Gasteiger partial charge in [-0.25, -0.2) is 13.6 Å². The van der Waals surface area contributed by atoms with Crippen molar-refractivity contribution in [1.29, 1.82) is 0 Å². The highest BCUT2D eigenvalue weighted by Crippen LogP contribution is 2.21. The van der Waals surface area contributed by atoms with Crippen LogP contribution in [0.2, 0.25) is 0 Å². The Morgan fingerprint density at radius 2 is 1.75 bits per heavy atom. The summed E-state index contributed by atoms with van der Waals surface area (Å²) >= 11 is 0. The maximum Gasteiger partial charge on any atom is 0.391 e. The molecule has 0 aromatic rings. The third kappa shape index (κ3) is 10.2. The summed E-state index contributed by atoms with van der Waals surface area (Å²) in [7, 11) is -3.65.